The number of hydrogen-bond acceptors (Lipinski definition) is 2. The van der Waals surface area contributed by atoms with Gasteiger partial charge >= 0.3 is 0 Å². The number of unbranched alkanes of at least 4 members (excludes halogenated alkanes) is 1. The van der Waals surface area contributed by atoms with Crippen molar-refractivity contribution in [2.45, 2.75) is 26.7 Å². The molecule has 0 spiro atoms. The first-order valence-corrected chi connectivity index (χ1v) is 6.79. The first kappa shape index (κ1) is 14.8. The zero-order valence-corrected chi connectivity index (χ0v) is 11.7. The third kappa shape index (κ3) is 3.64. The van der Waals surface area contributed by atoms with E-state index in [1.165, 1.54) is 0 Å². The molecule has 0 aliphatic rings. The van der Waals surface area contributed by atoms with Crippen molar-refractivity contribution in [2.75, 3.05) is 19.0 Å². The van der Waals surface area contributed by atoms with Crippen LogP contribution < -0.4 is 0 Å². The molecule has 0 radical (unpaired) electrons. The van der Waals surface area contributed by atoms with Crippen LogP contribution in [0.5, 0.6) is 5.75 Å². The van der Waals surface area contributed by atoms with Gasteiger partial charge in [0.25, 0.3) is 5.91 Å². The Morgan fingerprint density at radius 1 is 1.39 bits per heavy atom. The van der Waals surface area contributed by atoms with Gasteiger partial charge in [-0.15, -0.1) is 11.6 Å². The van der Waals surface area contributed by atoms with E-state index >= 15 is 0 Å². The second-order valence-corrected chi connectivity index (χ2v) is 4.66. The normalized spacial score (nSPS) is 10.4. The Balaban J connectivity index is 2.90. The van der Waals surface area contributed by atoms with Crippen molar-refractivity contribution in [3.63, 3.8) is 0 Å². The lowest BCUT2D eigenvalue weighted by molar-refractivity contribution is 0.0762. The van der Waals surface area contributed by atoms with Crippen molar-refractivity contribution in [1.29, 1.82) is 0 Å². The van der Waals surface area contributed by atoms with Gasteiger partial charge in [-0.2, -0.15) is 0 Å². The van der Waals surface area contributed by atoms with Crippen LogP contribution in [-0.4, -0.2) is 34.9 Å². The summed E-state index contributed by atoms with van der Waals surface area (Å²) in [6.07, 6.45) is 1.99. The van der Waals surface area contributed by atoms with Gasteiger partial charge in [-0.3, -0.25) is 4.79 Å². The van der Waals surface area contributed by atoms with Crippen LogP contribution in [0.3, 0.4) is 0 Å². The van der Waals surface area contributed by atoms with Crippen LogP contribution >= 0.6 is 11.6 Å². The maximum atomic E-state index is 12.4. The summed E-state index contributed by atoms with van der Waals surface area (Å²) in [6, 6.07) is 5.02. The van der Waals surface area contributed by atoms with E-state index in [2.05, 4.69) is 6.92 Å². The van der Waals surface area contributed by atoms with Gasteiger partial charge in [0, 0.05) is 30.1 Å². The summed E-state index contributed by atoms with van der Waals surface area (Å²) in [5, 5.41) is 9.64. The van der Waals surface area contributed by atoms with Crippen molar-refractivity contribution in [3.05, 3.63) is 29.3 Å². The lowest BCUT2D eigenvalue weighted by Crippen LogP contribution is -2.34. The smallest absolute Gasteiger partial charge is 0.254 e. The average Bonchev–Trinajstić information content (AvgIpc) is 2.37. The Morgan fingerprint density at radius 2 is 2.11 bits per heavy atom. The highest BCUT2D eigenvalue weighted by Gasteiger charge is 2.17. The quantitative estimate of drug-likeness (QED) is 0.806. The SMILES string of the molecule is CCCCN(CCCl)C(=O)c1cccc(O)c1C. The van der Waals surface area contributed by atoms with Crippen LogP contribution in [0.15, 0.2) is 18.2 Å². The van der Waals surface area contributed by atoms with Gasteiger partial charge in [-0.1, -0.05) is 19.4 Å². The molecule has 4 heteroatoms. The molecule has 1 amide bonds. The number of halogens is 1. The Morgan fingerprint density at radius 3 is 2.72 bits per heavy atom. The fourth-order valence-electron chi connectivity index (χ4n) is 1.79. The Bertz CT molecular complexity index is 407. The topological polar surface area (TPSA) is 40.5 Å². The number of nitrogens with zero attached hydrogens (tertiary/aromatic N) is 1. The Kier molecular flexibility index (Phi) is 5.99. The number of phenols is 1. The van der Waals surface area contributed by atoms with E-state index in [0.29, 0.717) is 30.1 Å². The average molecular weight is 270 g/mol. The summed E-state index contributed by atoms with van der Waals surface area (Å²) in [6.45, 7) is 5.08. The number of phenolic OH excluding ortho intramolecular Hbond substituents is 1. The zero-order valence-electron chi connectivity index (χ0n) is 10.9. The fraction of sp³-hybridized carbons (Fsp3) is 0.500. The molecular formula is C14H20ClNO2. The maximum absolute atomic E-state index is 12.4. The monoisotopic (exact) mass is 269 g/mol. The molecule has 1 aromatic rings. The number of alkyl halides is 1. The number of carbonyl (C=O) groups excluding carboxylic acids is 1. The number of benzene rings is 1. The fourth-order valence-corrected chi connectivity index (χ4v) is 2.00. The van der Waals surface area contributed by atoms with Crippen LogP contribution in [0.2, 0.25) is 0 Å². The standard InChI is InChI=1S/C14H20ClNO2/c1-3-4-9-16(10-8-15)14(18)12-6-5-7-13(17)11(12)2/h5-7,17H,3-4,8-10H2,1-2H3. The van der Waals surface area contributed by atoms with Crippen LogP contribution in [0.4, 0.5) is 0 Å². The van der Waals surface area contributed by atoms with Crippen LogP contribution in [0.25, 0.3) is 0 Å². The largest absolute Gasteiger partial charge is 0.508 e. The highest BCUT2D eigenvalue weighted by atomic mass is 35.5. The predicted octanol–water partition coefficient (Wildman–Crippen LogP) is 3.18. The first-order valence-electron chi connectivity index (χ1n) is 6.25. The molecule has 0 atom stereocenters. The van der Waals surface area contributed by atoms with Crippen LogP contribution in [0, 0.1) is 6.92 Å². The minimum Gasteiger partial charge on any atom is -0.508 e. The third-order valence-corrected chi connectivity index (χ3v) is 3.13. The number of rotatable bonds is 6. The molecule has 3 nitrogen and oxygen atoms in total. The lowest BCUT2D eigenvalue weighted by Gasteiger charge is -2.22. The number of aromatic hydroxyl groups is 1. The molecule has 1 N–H and O–H groups in total. The molecule has 0 unspecified atom stereocenters. The molecule has 18 heavy (non-hydrogen) atoms. The molecule has 0 heterocycles. The number of carbonyl (C=O) groups is 1. The number of amides is 1. The minimum absolute atomic E-state index is 0.0579. The van der Waals surface area contributed by atoms with E-state index in [-0.39, 0.29) is 11.7 Å². The highest BCUT2D eigenvalue weighted by molar-refractivity contribution is 6.18. The van der Waals surface area contributed by atoms with Crippen molar-refractivity contribution >= 4 is 17.5 Å². The molecule has 0 fully saturated rings. The summed E-state index contributed by atoms with van der Waals surface area (Å²) in [5.41, 5.74) is 1.18. The minimum atomic E-state index is -0.0579. The van der Waals surface area contributed by atoms with Gasteiger partial charge in [0.15, 0.2) is 0 Å². The van der Waals surface area contributed by atoms with E-state index in [9.17, 15) is 9.90 Å². The van der Waals surface area contributed by atoms with Crippen LogP contribution in [-0.2, 0) is 0 Å². The van der Waals surface area contributed by atoms with Gasteiger partial charge < -0.3 is 10.0 Å². The second kappa shape index (κ2) is 7.27. The van der Waals surface area contributed by atoms with E-state index < -0.39 is 0 Å². The molecular weight excluding hydrogens is 250 g/mol. The van der Waals surface area contributed by atoms with Gasteiger partial charge in [0.1, 0.15) is 5.75 Å². The van der Waals surface area contributed by atoms with E-state index in [1.807, 2.05) is 0 Å². The molecule has 0 aromatic heterocycles. The van der Waals surface area contributed by atoms with Crippen molar-refractivity contribution in [2.24, 2.45) is 0 Å². The predicted molar refractivity (Wildman–Crippen MR) is 74.4 cm³/mol. The summed E-state index contributed by atoms with van der Waals surface area (Å²) >= 11 is 5.73. The molecule has 1 rings (SSSR count). The van der Waals surface area contributed by atoms with E-state index in [0.717, 1.165) is 12.8 Å². The molecule has 0 bridgehead atoms. The first-order chi connectivity index (χ1) is 8.61. The molecule has 0 saturated carbocycles. The second-order valence-electron chi connectivity index (χ2n) is 4.28. The van der Waals surface area contributed by atoms with Crippen LogP contribution in [0.1, 0.15) is 35.7 Å². The molecule has 0 aliphatic carbocycles. The van der Waals surface area contributed by atoms with Gasteiger partial charge in [0.2, 0.25) is 0 Å². The Labute approximate surface area is 113 Å². The van der Waals surface area contributed by atoms with Gasteiger partial charge in [-0.25, -0.2) is 0 Å². The highest BCUT2D eigenvalue weighted by Crippen LogP contribution is 2.21. The zero-order chi connectivity index (χ0) is 13.5. The summed E-state index contributed by atoms with van der Waals surface area (Å²) in [4.78, 5) is 14.1. The molecule has 1 aromatic carbocycles. The van der Waals surface area contributed by atoms with Crippen molar-refractivity contribution < 1.29 is 9.90 Å². The summed E-state index contributed by atoms with van der Waals surface area (Å²) < 4.78 is 0. The maximum Gasteiger partial charge on any atom is 0.254 e. The lowest BCUT2D eigenvalue weighted by atomic mass is 10.1. The van der Waals surface area contributed by atoms with Gasteiger partial charge in [0.05, 0.1) is 0 Å². The summed E-state index contributed by atoms with van der Waals surface area (Å²) in [5.74, 6) is 0.521. The van der Waals surface area contributed by atoms with E-state index in [4.69, 9.17) is 11.6 Å². The summed E-state index contributed by atoms with van der Waals surface area (Å²) in [7, 11) is 0. The molecule has 0 aliphatic heterocycles. The van der Waals surface area contributed by atoms with E-state index in [1.54, 1.807) is 30.0 Å². The van der Waals surface area contributed by atoms with Crippen molar-refractivity contribution in [1.82, 2.24) is 4.90 Å². The number of hydrogen-bond donors (Lipinski definition) is 1. The molecule has 0 saturated heterocycles. The molecule has 100 valence electrons. The Hall–Kier alpha value is -1.22. The van der Waals surface area contributed by atoms with Gasteiger partial charge in [-0.05, 0) is 25.5 Å². The third-order valence-electron chi connectivity index (χ3n) is 2.96. The van der Waals surface area contributed by atoms with Crippen molar-refractivity contribution in [3.8, 4) is 5.75 Å².